The van der Waals surface area contributed by atoms with Crippen molar-refractivity contribution in [1.29, 1.82) is 0 Å². The Kier molecular flexibility index (Phi) is 3.28. The second-order valence-electron chi connectivity index (χ2n) is 3.47. The Morgan fingerprint density at radius 1 is 1.47 bits per heavy atom. The highest BCUT2D eigenvalue weighted by Crippen LogP contribution is 2.16. The van der Waals surface area contributed by atoms with Crippen molar-refractivity contribution in [2.24, 2.45) is 0 Å². The van der Waals surface area contributed by atoms with E-state index in [0.29, 0.717) is 17.8 Å². The number of carbonyl (C=O) groups is 1. The number of aromatic amines is 1. The zero-order valence-electron chi connectivity index (χ0n) is 9.43. The topological polar surface area (TPSA) is 55.0 Å². The zero-order chi connectivity index (χ0) is 12.3. The summed E-state index contributed by atoms with van der Waals surface area (Å²) in [5.74, 6) is -0.415. The van der Waals surface area contributed by atoms with Crippen LogP contribution in [0, 0.1) is 0 Å². The van der Waals surface area contributed by atoms with Gasteiger partial charge in [-0.25, -0.2) is 4.79 Å². The molecule has 0 saturated carbocycles. The molecule has 2 aromatic rings. The summed E-state index contributed by atoms with van der Waals surface area (Å²) >= 11 is 0. The highest BCUT2D eigenvalue weighted by Gasteiger charge is 2.13. The third-order valence-corrected chi connectivity index (χ3v) is 2.33. The van der Waals surface area contributed by atoms with Crippen molar-refractivity contribution >= 4 is 19.4 Å². The number of pyridine rings is 1. The van der Waals surface area contributed by atoms with Crippen LogP contribution in [0.25, 0.3) is 11.3 Å². The lowest BCUT2D eigenvalue weighted by Crippen LogP contribution is -2.16. The van der Waals surface area contributed by atoms with E-state index >= 15 is 0 Å². The van der Waals surface area contributed by atoms with E-state index in [0.717, 1.165) is 11.3 Å². The van der Waals surface area contributed by atoms with Crippen molar-refractivity contribution in [2.75, 3.05) is 6.61 Å². The van der Waals surface area contributed by atoms with Gasteiger partial charge in [0, 0.05) is 23.7 Å². The van der Waals surface area contributed by atoms with Crippen LogP contribution in [-0.4, -0.2) is 30.4 Å². The van der Waals surface area contributed by atoms with Crippen molar-refractivity contribution in [3.05, 3.63) is 36.2 Å². The molecule has 0 spiro atoms. The van der Waals surface area contributed by atoms with E-state index in [1.807, 2.05) is 12.1 Å². The molecule has 0 bridgehead atoms. The molecule has 0 unspecified atom stereocenters. The summed E-state index contributed by atoms with van der Waals surface area (Å²) in [6.07, 6.45) is 3.35. The highest BCUT2D eigenvalue weighted by molar-refractivity contribution is 6.35. The van der Waals surface area contributed by atoms with Gasteiger partial charge in [-0.3, -0.25) is 4.98 Å². The third kappa shape index (κ3) is 2.38. The Hall–Kier alpha value is -2.04. The van der Waals surface area contributed by atoms with Gasteiger partial charge < -0.3 is 9.72 Å². The molecule has 0 amide bonds. The van der Waals surface area contributed by atoms with Gasteiger partial charge in [0.25, 0.3) is 0 Å². The van der Waals surface area contributed by atoms with Crippen LogP contribution in [0.15, 0.2) is 30.6 Å². The number of hydrogen-bond donors (Lipinski definition) is 1. The molecule has 2 heterocycles. The molecule has 0 aliphatic rings. The van der Waals surface area contributed by atoms with Gasteiger partial charge in [-0.2, -0.15) is 0 Å². The minimum absolute atomic E-state index is 0.315. The fourth-order valence-corrected chi connectivity index (χ4v) is 1.54. The maximum atomic E-state index is 11.6. The minimum atomic E-state index is -0.415. The predicted octanol–water partition coefficient (Wildman–Crippen LogP) is 1.05. The summed E-state index contributed by atoms with van der Waals surface area (Å²) in [5, 5.41) is 0. The third-order valence-electron chi connectivity index (χ3n) is 2.33. The number of H-pyrrole nitrogens is 1. The van der Waals surface area contributed by atoms with Gasteiger partial charge in [-0.1, -0.05) is 0 Å². The van der Waals surface area contributed by atoms with Crippen LogP contribution in [0.3, 0.4) is 0 Å². The molecule has 2 radical (unpaired) electrons. The fourth-order valence-electron chi connectivity index (χ4n) is 1.54. The highest BCUT2D eigenvalue weighted by atomic mass is 16.5. The second kappa shape index (κ2) is 4.87. The largest absolute Gasteiger partial charge is 0.462 e. The molecule has 4 nitrogen and oxygen atoms in total. The number of aromatic nitrogens is 2. The van der Waals surface area contributed by atoms with Crippen LogP contribution in [0.4, 0.5) is 0 Å². The van der Waals surface area contributed by atoms with Crippen LogP contribution in [0.5, 0.6) is 0 Å². The van der Waals surface area contributed by atoms with E-state index in [2.05, 4.69) is 9.97 Å². The molecule has 0 fully saturated rings. The monoisotopic (exact) mass is 226 g/mol. The van der Waals surface area contributed by atoms with Crippen molar-refractivity contribution in [1.82, 2.24) is 9.97 Å². The Labute approximate surface area is 100 Å². The molecule has 0 saturated heterocycles. The van der Waals surface area contributed by atoms with Gasteiger partial charge in [0.05, 0.1) is 12.2 Å². The van der Waals surface area contributed by atoms with Crippen LogP contribution in [-0.2, 0) is 4.74 Å². The van der Waals surface area contributed by atoms with E-state index in [1.165, 1.54) is 0 Å². The van der Waals surface area contributed by atoms with E-state index in [4.69, 9.17) is 12.6 Å². The standard InChI is InChI=1S/C12H11BN2O2/c1-2-17-12(16)9-7-10(15-11(9)13)8-3-5-14-6-4-8/h3-7,15H,2H2,1H3. The normalized spacial score (nSPS) is 10.2. The molecule has 2 rings (SSSR count). The number of carbonyl (C=O) groups excluding carboxylic acids is 1. The Morgan fingerprint density at radius 2 is 2.18 bits per heavy atom. The number of nitrogens with zero attached hydrogens (tertiary/aromatic N) is 1. The number of esters is 1. The van der Waals surface area contributed by atoms with Gasteiger partial charge in [0.2, 0.25) is 0 Å². The summed E-state index contributed by atoms with van der Waals surface area (Å²) in [4.78, 5) is 18.5. The minimum Gasteiger partial charge on any atom is -0.462 e. The lowest BCUT2D eigenvalue weighted by molar-refractivity contribution is 0.0528. The lowest BCUT2D eigenvalue weighted by Gasteiger charge is -1.99. The van der Waals surface area contributed by atoms with E-state index < -0.39 is 5.97 Å². The summed E-state index contributed by atoms with van der Waals surface area (Å²) in [7, 11) is 5.74. The molecule has 2 aromatic heterocycles. The van der Waals surface area contributed by atoms with Crippen molar-refractivity contribution < 1.29 is 9.53 Å². The number of rotatable bonds is 3. The average Bonchev–Trinajstić information content (AvgIpc) is 2.73. The Morgan fingerprint density at radius 3 is 2.82 bits per heavy atom. The maximum Gasteiger partial charge on any atom is 0.339 e. The summed E-state index contributed by atoms with van der Waals surface area (Å²) in [5.41, 5.74) is 2.36. The first-order valence-electron chi connectivity index (χ1n) is 5.28. The molecule has 1 N–H and O–H groups in total. The van der Waals surface area contributed by atoms with E-state index in [9.17, 15) is 4.79 Å². The molecule has 0 atom stereocenters. The fraction of sp³-hybridized carbons (Fsp3) is 0.167. The van der Waals surface area contributed by atoms with Gasteiger partial charge in [-0.05, 0) is 30.7 Å². The number of hydrogen-bond acceptors (Lipinski definition) is 3. The smallest absolute Gasteiger partial charge is 0.339 e. The maximum absolute atomic E-state index is 11.6. The van der Waals surface area contributed by atoms with Crippen molar-refractivity contribution in [3.8, 4) is 11.3 Å². The molecule has 0 aliphatic heterocycles. The zero-order valence-corrected chi connectivity index (χ0v) is 9.43. The molecule has 5 heteroatoms. The molecule has 0 aromatic carbocycles. The van der Waals surface area contributed by atoms with Crippen molar-refractivity contribution in [2.45, 2.75) is 6.92 Å². The first-order valence-corrected chi connectivity index (χ1v) is 5.28. The summed E-state index contributed by atoms with van der Waals surface area (Å²) < 4.78 is 4.91. The van der Waals surface area contributed by atoms with Gasteiger partial charge >= 0.3 is 5.97 Å². The Bertz CT molecular complexity index is 523. The van der Waals surface area contributed by atoms with Crippen LogP contribution < -0.4 is 5.59 Å². The lowest BCUT2D eigenvalue weighted by atomic mass is 10.0. The molecule has 84 valence electrons. The van der Waals surface area contributed by atoms with Gasteiger partial charge in [-0.15, -0.1) is 0 Å². The van der Waals surface area contributed by atoms with E-state index in [1.54, 1.807) is 25.4 Å². The molecular formula is C12H11BN2O2. The molecule has 17 heavy (non-hydrogen) atoms. The van der Waals surface area contributed by atoms with Gasteiger partial charge in [0.1, 0.15) is 7.85 Å². The van der Waals surface area contributed by atoms with E-state index in [-0.39, 0.29) is 0 Å². The summed E-state index contributed by atoms with van der Waals surface area (Å²) in [6, 6.07) is 5.35. The van der Waals surface area contributed by atoms with Gasteiger partial charge in [0.15, 0.2) is 0 Å². The predicted molar refractivity (Wildman–Crippen MR) is 65.4 cm³/mol. The SMILES string of the molecule is [B]c1[nH]c(-c2ccncc2)cc1C(=O)OCC. The van der Waals surface area contributed by atoms with Crippen LogP contribution >= 0.6 is 0 Å². The molecular weight excluding hydrogens is 215 g/mol. The number of nitrogens with one attached hydrogen (secondary N) is 1. The summed E-state index contributed by atoms with van der Waals surface area (Å²) in [6.45, 7) is 2.08. The quantitative estimate of drug-likeness (QED) is 0.628. The second-order valence-corrected chi connectivity index (χ2v) is 3.47. The van der Waals surface area contributed by atoms with Crippen LogP contribution in [0.2, 0.25) is 0 Å². The molecule has 0 aliphatic carbocycles. The number of ether oxygens (including phenoxy) is 1. The van der Waals surface area contributed by atoms with Crippen molar-refractivity contribution in [3.63, 3.8) is 0 Å². The first-order chi connectivity index (χ1) is 8.22. The van der Waals surface area contributed by atoms with Crippen LogP contribution in [0.1, 0.15) is 17.3 Å². The Balaban J connectivity index is 2.34. The average molecular weight is 226 g/mol. The first kappa shape index (κ1) is 11.5.